The fourth-order valence-electron chi connectivity index (χ4n) is 2.66. The van der Waals surface area contributed by atoms with Crippen LogP contribution in [0.5, 0.6) is 5.75 Å². The number of rotatable bonds is 3. The zero-order chi connectivity index (χ0) is 23.5. The van der Waals surface area contributed by atoms with Crippen molar-refractivity contribution in [3.63, 3.8) is 0 Å². The number of aliphatic carboxylic acids is 1. The first-order valence-electron chi connectivity index (χ1n) is 8.43. The van der Waals surface area contributed by atoms with Gasteiger partial charge in [-0.2, -0.15) is 18.3 Å². The largest absolute Gasteiger partial charge is 0.493 e. The van der Waals surface area contributed by atoms with Crippen molar-refractivity contribution in [3.8, 4) is 16.9 Å². The van der Waals surface area contributed by atoms with Gasteiger partial charge in [0.15, 0.2) is 17.4 Å². The van der Waals surface area contributed by atoms with Crippen LogP contribution in [0.1, 0.15) is 5.69 Å². The monoisotopic (exact) mass is 441 g/mol. The zero-order valence-corrected chi connectivity index (χ0v) is 16.1. The molecule has 0 unspecified atom stereocenters. The number of nitrogens with two attached hydrogens (primary N) is 1. The highest BCUT2D eigenvalue weighted by Gasteiger charge is 2.38. The summed E-state index contributed by atoms with van der Waals surface area (Å²) in [6.45, 7) is 1.80. The molecular formula is C18H16BF4N3O5. The number of aryl methyl sites for hydroxylation is 1. The summed E-state index contributed by atoms with van der Waals surface area (Å²) < 4.78 is 51.1. The smallest absolute Gasteiger partial charge is 0.490 e. The molecule has 0 amide bonds. The Morgan fingerprint density at radius 2 is 1.74 bits per heavy atom. The van der Waals surface area contributed by atoms with E-state index in [1.165, 1.54) is 13.2 Å². The van der Waals surface area contributed by atoms with Crippen molar-refractivity contribution in [3.05, 3.63) is 41.8 Å². The van der Waals surface area contributed by atoms with Gasteiger partial charge >= 0.3 is 19.3 Å². The van der Waals surface area contributed by atoms with E-state index in [0.29, 0.717) is 22.6 Å². The van der Waals surface area contributed by atoms with Gasteiger partial charge in [0, 0.05) is 16.3 Å². The third-order valence-electron chi connectivity index (χ3n) is 4.11. The van der Waals surface area contributed by atoms with Crippen molar-refractivity contribution in [1.82, 2.24) is 10.2 Å². The number of fused-ring (bicyclic) bond motifs is 1. The second-order valence-corrected chi connectivity index (χ2v) is 6.19. The number of anilines is 1. The lowest BCUT2D eigenvalue weighted by Gasteiger charge is -2.13. The predicted octanol–water partition coefficient (Wildman–Crippen LogP) is 1.65. The molecule has 0 saturated heterocycles. The summed E-state index contributed by atoms with van der Waals surface area (Å²) in [5.41, 5.74) is 7.58. The highest BCUT2D eigenvalue weighted by molar-refractivity contribution is 6.58. The average molecular weight is 441 g/mol. The Kier molecular flexibility index (Phi) is 7.03. The van der Waals surface area contributed by atoms with Gasteiger partial charge in [-0.05, 0) is 36.1 Å². The SMILES string of the molecule is COc1c(F)cc(B(O)O)cc1-c1ccc2c(N)nnc(C)c2c1.O=C(O)C(F)(F)F. The Morgan fingerprint density at radius 3 is 2.26 bits per heavy atom. The van der Waals surface area contributed by atoms with Crippen molar-refractivity contribution in [2.24, 2.45) is 0 Å². The van der Waals surface area contributed by atoms with Crippen LogP contribution in [0.4, 0.5) is 23.4 Å². The number of carbonyl (C=O) groups is 1. The number of carboxylic acids is 1. The lowest BCUT2D eigenvalue weighted by Crippen LogP contribution is -2.30. The molecule has 8 nitrogen and oxygen atoms in total. The zero-order valence-electron chi connectivity index (χ0n) is 16.1. The summed E-state index contributed by atoms with van der Waals surface area (Å²) >= 11 is 0. The molecule has 0 aliphatic rings. The van der Waals surface area contributed by atoms with Crippen LogP contribution >= 0.6 is 0 Å². The Bertz CT molecular complexity index is 1130. The topological polar surface area (TPSA) is 139 Å². The van der Waals surface area contributed by atoms with Crippen molar-refractivity contribution in [1.29, 1.82) is 0 Å². The van der Waals surface area contributed by atoms with E-state index in [-0.39, 0.29) is 11.2 Å². The van der Waals surface area contributed by atoms with E-state index in [4.69, 9.17) is 20.4 Å². The van der Waals surface area contributed by atoms with Crippen LogP contribution in [0.3, 0.4) is 0 Å². The first-order valence-corrected chi connectivity index (χ1v) is 8.43. The van der Waals surface area contributed by atoms with E-state index >= 15 is 0 Å². The van der Waals surface area contributed by atoms with E-state index in [9.17, 15) is 27.6 Å². The minimum Gasteiger partial charge on any atom is -0.493 e. The number of benzene rings is 2. The Labute approximate surface area is 173 Å². The summed E-state index contributed by atoms with van der Waals surface area (Å²) in [5, 5.41) is 35.2. The van der Waals surface area contributed by atoms with E-state index < -0.39 is 25.1 Å². The molecule has 2 aromatic carbocycles. The normalized spacial score (nSPS) is 11.0. The third-order valence-corrected chi connectivity index (χ3v) is 4.11. The Morgan fingerprint density at radius 1 is 1.13 bits per heavy atom. The van der Waals surface area contributed by atoms with Crippen molar-refractivity contribution in [2.75, 3.05) is 12.8 Å². The number of carboxylic acid groups (broad SMARTS) is 1. The summed E-state index contributed by atoms with van der Waals surface area (Å²) in [4.78, 5) is 8.90. The van der Waals surface area contributed by atoms with Crippen LogP contribution in [-0.2, 0) is 4.79 Å². The van der Waals surface area contributed by atoms with Gasteiger partial charge in [-0.3, -0.25) is 0 Å². The number of hydrogen-bond acceptors (Lipinski definition) is 7. The molecule has 0 bridgehead atoms. The van der Waals surface area contributed by atoms with Crippen LogP contribution in [0, 0.1) is 12.7 Å². The van der Waals surface area contributed by atoms with E-state index in [0.717, 1.165) is 16.8 Å². The number of alkyl halides is 3. The van der Waals surface area contributed by atoms with Crippen LogP contribution in [0.15, 0.2) is 30.3 Å². The highest BCUT2D eigenvalue weighted by Crippen LogP contribution is 2.34. The molecule has 31 heavy (non-hydrogen) atoms. The van der Waals surface area contributed by atoms with Gasteiger partial charge in [-0.15, -0.1) is 5.10 Å². The molecule has 164 valence electrons. The number of methoxy groups -OCH3 is 1. The molecule has 0 aliphatic carbocycles. The van der Waals surface area contributed by atoms with E-state index in [1.807, 2.05) is 0 Å². The molecule has 5 N–H and O–H groups in total. The van der Waals surface area contributed by atoms with Gasteiger partial charge in [0.1, 0.15) is 0 Å². The van der Waals surface area contributed by atoms with Crippen LogP contribution in [-0.4, -0.2) is 51.7 Å². The highest BCUT2D eigenvalue weighted by atomic mass is 19.4. The molecule has 0 fully saturated rings. The number of nitrogen functional groups attached to an aromatic ring is 1. The molecule has 0 radical (unpaired) electrons. The van der Waals surface area contributed by atoms with Crippen molar-refractivity contribution in [2.45, 2.75) is 13.1 Å². The number of halogens is 4. The Balaban J connectivity index is 0.000000423. The maximum Gasteiger partial charge on any atom is 0.490 e. The van der Waals surface area contributed by atoms with Crippen molar-refractivity contribution >= 4 is 35.1 Å². The third kappa shape index (κ3) is 5.38. The van der Waals surface area contributed by atoms with Crippen LogP contribution < -0.4 is 15.9 Å². The number of nitrogens with zero attached hydrogens (tertiary/aromatic N) is 2. The maximum atomic E-state index is 14.2. The fourth-order valence-corrected chi connectivity index (χ4v) is 2.66. The molecule has 3 rings (SSSR count). The minimum absolute atomic E-state index is 0.0198. The summed E-state index contributed by atoms with van der Waals surface area (Å²) in [6, 6.07) is 7.80. The van der Waals surface area contributed by atoms with Gasteiger partial charge in [0.25, 0.3) is 0 Å². The first-order chi connectivity index (χ1) is 14.4. The molecule has 0 saturated carbocycles. The van der Waals surface area contributed by atoms with Gasteiger partial charge in [0.05, 0.1) is 12.8 Å². The number of hydrogen-bond donors (Lipinski definition) is 4. The minimum atomic E-state index is -5.08. The lowest BCUT2D eigenvalue weighted by atomic mass is 9.78. The standard InChI is InChI=1S/C16H15BFN3O3.C2HF3O2/c1-8-12-5-9(3-4-11(12)16(19)21-20-8)13-6-10(17(22)23)7-14(18)15(13)24-2;3-2(4,5)1(6)7/h3-7,22-23H,1-2H3,(H2,19,21);(H,6,7). The lowest BCUT2D eigenvalue weighted by molar-refractivity contribution is -0.192. The molecule has 0 atom stereocenters. The molecule has 1 aromatic heterocycles. The van der Waals surface area contributed by atoms with Crippen LogP contribution in [0.2, 0.25) is 0 Å². The van der Waals surface area contributed by atoms with Gasteiger partial charge < -0.3 is 25.6 Å². The van der Waals surface area contributed by atoms with Gasteiger partial charge in [0.2, 0.25) is 0 Å². The molecular weight excluding hydrogens is 425 g/mol. The first kappa shape index (κ1) is 23.8. The predicted molar refractivity (Wildman–Crippen MR) is 104 cm³/mol. The summed E-state index contributed by atoms with van der Waals surface area (Å²) in [6.07, 6.45) is -5.08. The molecule has 0 aliphatic heterocycles. The van der Waals surface area contributed by atoms with Gasteiger partial charge in [-0.25, -0.2) is 9.18 Å². The van der Waals surface area contributed by atoms with E-state index in [2.05, 4.69) is 10.2 Å². The number of aromatic nitrogens is 2. The number of ether oxygens (including phenoxy) is 1. The molecule has 13 heteroatoms. The molecule has 0 spiro atoms. The van der Waals surface area contributed by atoms with Crippen molar-refractivity contribution < 1.29 is 42.2 Å². The van der Waals surface area contributed by atoms with Crippen LogP contribution in [0.25, 0.3) is 21.9 Å². The quantitative estimate of drug-likeness (QED) is 0.356. The molecule has 1 heterocycles. The summed E-state index contributed by atoms with van der Waals surface area (Å²) in [7, 11) is -0.430. The van der Waals surface area contributed by atoms with Gasteiger partial charge in [-0.1, -0.05) is 12.1 Å². The maximum absolute atomic E-state index is 14.2. The second-order valence-electron chi connectivity index (χ2n) is 6.19. The average Bonchev–Trinajstić information content (AvgIpc) is 2.69. The Hall–Kier alpha value is -3.45. The fraction of sp³-hybridized carbons (Fsp3) is 0.167. The second kappa shape index (κ2) is 9.14. The van der Waals surface area contributed by atoms with E-state index in [1.54, 1.807) is 25.1 Å². The molecule has 3 aromatic rings. The summed E-state index contributed by atoms with van der Waals surface area (Å²) in [5.74, 6) is -3.11.